The number of fused-ring (bicyclic) bond motifs is 1. The van der Waals surface area contributed by atoms with Crippen LogP contribution in [0.4, 0.5) is 10.2 Å². The Hall–Kier alpha value is -2.14. The Morgan fingerprint density at radius 2 is 2.00 bits per heavy atom. The second kappa shape index (κ2) is 3.96. The van der Waals surface area contributed by atoms with E-state index in [2.05, 4.69) is 15.0 Å². The minimum Gasteiger partial charge on any atom is -0.384 e. The summed E-state index contributed by atoms with van der Waals surface area (Å²) >= 11 is 5.70. The third kappa shape index (κ3) is 1.78. The van der Waals surface area contributed by atoms with Gasteiger partial charge in [-0.1, -0.05) is 11.6 Å². The minimum absolute atomic E-state index is 0.342. The molecular weight excluding hydrogens is 255 g/mol. The highest BCUT2D eigenvalue weighted by molar-refractivity contribution is 6.30. The van der Waals surface area contributed by atoms with Crippen LogP contribution in [0, 0.1) is 5.82 Å². The second-order valence-corrected chi connectivity index (χ2v) is 4.25. The van der Waals surface area contributed by atoms with Crippen LogP contribution in [0.3, 0.4) is 0 Å². The third-order valence-corrected chi connectivity index (χ3v) is 2.79. The maximum atomic E-state index is 13.8. The summed E-state index contributed by atoms with van der Waals surface area (Å²) in [6.45, 7) is 0. The number of nitrogen functional groups attached to an aromatic ring is 1. The first-order valence-electron chi connectivity index (χ1n) is 5.21. The predicted molar refractivity (Wildman–Crippen MR) is 68.7 cm³/mol. The van der Waals surface area contributed by atoms with Crippen molar-refractivity contribution in [2.45, 2.75) is 0 Å². The van der Waals surface area contributed by atoms with E-state index in [0.29, 0.717) is 33.4 Å². The van der Waals surface area contributed by atoms with Gasteiger partial charge in [0.2, 0.25) is 0 Å². The molecule has 0 aliphatic rings. The molecule has 0 radical (unpaired) electrons. The van der Waals surface area contributed by atoms with Gasteiger partial charge in [-0.3, -0.25) is 0 Å². The molecule has 18 heavy (non-hydrogen) atoms. The highest BCUT2D eigenvalue weighted by atomic mass is 35.5. The van der Waals surface area contributed by atoms with E-state index in [9.17, 15) is 4.39 Å². The van der Waals surface area contributed by atoms with Gasteiger partial charge in [0.15, 0.2) is 5.65 Å². The average Bonchev–Trinajstić information content (AvgIpc) is 2.71. The first-order valence-corrected chi connectivity index (χ1v) is 5.59. The van der Waals surface area contributed by atoms with Crippen molar-refractivity contribution in [3.05, 3.63) is 41.2 Å². The van der Waals surface area contributed by atoms with E-state index < -0.39 is 5.82 Å². The molecular formula is C12H8ClFN4. The smallest absolute Gasteiger partial charge is 0.180 e. The highest BCUT2D eigenvalue weighted by Crippen LogP contribution is 2.25. The number of aromatic nitrogens is 3. The molecule has 0 atom stereocenters. The first-order chi connectivity index (χ1) is 8.63. The molecule has 3 rings (SSSR count). The van der Waals surface area contributed by atoms with Crippen LogP contribution in [-0.2, 0) is 0 Å². The molecule has 0 unspecified atom stereocenters. The van der Waals surface area contributed by atoms with Crippen LogP contribution >= 0.6 is 11.6 Å². The predicted octanol–water partition coefficient (Wildman–Crippen LogP) is 3.00. The fraction of sp³-hybridized carbons (Fsp3) is 0. The van der Waals surface area contributed by atoms with E-state index >= 15 is 0 Å². The van der Waals surface area contributed by atoms with Crippen molar-refractivity contribution in [3.8, 4) is 11.4 Å². The molecule has 0 fully saturated rings. The van der Waals surface area contributed by atoms with Gasteiger partial charge in [-0.2, -0.15) is 0 Å². The van der Waals surface area contributed by atoms with Crippen molar-refractivity contribution in [2.24, 2.45) is 0 Å². The number of halogens is 2. The van der Waals surface area contributed by atoms with Gasteiger partial charge in [0.1, 0.15) is 17.5 Å². The van der Waals surface area contributed by atoms with Gasteiger partial charge in [0.25, 0.3) is 0 Å². The number of hydrogen-bond donors (Lipinski definition) is 2. The zero-order chi connectivity index (χ0) is 12.7. The molecule has 2 heterocycles. The Morgan fingerprint density at radius 1 is 1.17 bits per heavy atom. The van der Waals surface area contributed by atoms with Crippen molar-refractivity contribution in [1.29, 1.82) is 0 Å². The number of hydrogen-bond acceptors (Lipinski definition) is 3. The SMILES string of the molecule is Nc1ccc2[nH]c(-c3ccc(Cl)cc3F)nc2n1. The lowest BCUT2D eigenvalue weighted by Crippen LogP contribution is -1.88. The molecule has 90 valence electrons. The molecule has 0 saturated heterocycles. The van der Waals surface area contributed by atoms with Gasteiger partial charge in [-0.25, -0.2) is 14.4 Å². The molecule has 4 nitrogen and oxygen atoms in total. The quantitative estimate of drug-likeness (QED) is 0.708. The van der Waals surface area contributed by atoms with Crippen LogP contribution in [0.5, 0.6) is 0 Å². The van der Waals surface area contributed by atoms with Crippen LogP contribution in [0.15, 0.2) is 30.3 Å². The summed E-state index contributed by atoms with van der Waals surface area (Å²) in [6, 6.07) is 7.82. The molecule has 2 aromatic heterocycles. The second-order valence-electron chi connectivity index (χ2n) is 3.82. The van der Waals surface area contributed by atoms with Crippen molar-refractivity contribution < 1.29 is 4.39 Å². The molecule has 3 N–H and O–H groups in total. The third-order valence-electron chi connectivity index (χ3n) is 2.55. The Labute approximate surface area is 107 Å². The van der Waals surface area contributed by atoms with Crippen LogP contribution in [0.1, 0.15) is 0 Å². The number of anilines is 1. The zero-order valence-electron chi connectivity index (χ0n) is 9.11. The normalized spacial score (nSPS) is 11.0. The summed E-state index contributed by atoms with van der Waals surface area (Å²) in [6.07, 6.45) is 0. The van der Waals surface area contributed by atoms with E-state index in [1.807, 2.05) is 0 Å². The van der Waals surface area contributed by atoms with Gasteiger partial charge < -0.3 is 10.7 Å². The Kier molecular flexibility index (Phi) is 2.41. The van der Waals surface area contributed by atoms with Crippen molar-refractivity contribution in [3.63, 3.8) is 0 Å². The van der Waals surface area contributed by atoms with Gasteiger partial charge in [0, 0.05) is 5.02 Å². The number of H-pyrrole nitrogens is 1. The number of pyridine rings is 1. The number of imidazole rings is 1. The average molecular weight is 263 g/mol. The van der Waals surface area contributed by atoms with E-state index in [0.717, 1.165) is 0 Å². The lowest BCUT2D eigenvalue weighted by atomic mass is 10.2. The van der Waals surface area contributed by atoms with E-state index in [1.165, 1.54) is 6.07 Å². The standard InChI is InChI=1S/C12H8ClFN4/c13-6-1-2-7(8(14)5-6)11-16-9-3-4-10(15)17-12(9)18-11/h1-5H,(H3,15,16,17,18). The monoisotopic (exact) mass is 262 g/mol. The number of benzene rings is 1. The van der Waals surface area contributed by atoms with Gasteiger partial charge in [-0.15, -0.1) is 0 Å². The molecule has 0 spiro atoms. The van der Waals surface area contributed by atoms with Crippen LogP contribution < -0.4 is 5.73 Å². The summed E-state index contributed by atoms with van der Waals surface area (Å²) < 4.78 is 13.8. The maximum absolute atomic E-state index is 13.8. The van der Waals surface area contributed by atoms with Crippen molar-refractivity contribution in [2.75, 3.05) is 5.73 Å². The minimum atomic E-state index is -0.436. The zero-order valence-corrected chi connectivity index (χ0v) is 9.87. The molecule has 0 saturated carbocycles. The van der Waals surface area contributed by atoms with Gasteiger partial charge in [-0.05, 0) is 30.3 Å². The van der Waals surface area contributed by atoms with Crippen molar-refractivity contribution >= 4 is 28.6 Å². The van der Waals surface area contributed by atoms with Gasteiger partial charge in [0.05, 0.1) is 11.1 Å². The molecule has 0 bridgehead atoms. The molecule has 0 aliphatic carbocycles. The molecule has 0 aliphatic heterocycles. The molecule has 6 heteroatoms. The summed E-state index contributed by atoms with van der Waals surface area (Å²) in [4.78, 5) is 11.2. The molecule has 0 amide bonds. The fourth-order valence-electron chi connectivity index (χ4n) is 1.72. The number of nitrogens with two attached hydrogens (primary N) is 1. The number of rotatable bonds is 1. The first kappa shape index (κ1) is 11.0. The molecule has 3 aromatic rings. The lowest BCUT2D eigenvalue weighted by Gasteiger charge is -1.98. The van der Waals surface area contributed by atoms with Crippen molar-refractivity contribution in [1.82, 2.24) is 15.0 Å². The van der Waals surface area contributed by atoms with E-state index in [4.69, 9.17) is 17.3 Å². The number of nitrogens with zero attached hydrogens (tertiary/aromatic N) is 2. The van der Waals surface area contributed by atoms with Crippen LogP contribution in [0.25, 0.3) is 22.6 Å². The summed E-state index contributed by atoms with van der Waals surface area (Å²) in [5, 5.41) is 0.342. The largest absolute Gasteiger partial charge is 0.384 e. The summed E-state index contributed by atoms with van der Waals surface area (Å²) in [5.41, 5.74) is 7.07. The topological polar surface area (TPSA) is 67.6 Å². The van der Waals surface area contributed by atoms with Crippen LogP contribution in [-0.4, -0.2) is 15.0 Å². The summed E-state index contributed by atoms with van der Waals surface area (Å²) in [5.74, 6) is 0.337. The van der Waals surface area contributed by atoms with Crippen LogP contribution in [0.2, 0.25) is 5.02 Å². The Balaban J connectivity index is 2.19. The Morgan fingerprint density at radius 3 is 2.78 bits per heavy atom. The maximum Gasteiger partial charge on any atom is 0.180 e. The number of aromatic amines is 1. The fourth-order valence-corrected chi connectivity index (χ4v) is 1.88. The lowest BCUT2D eigenvalue weighted by molar-refractivity contribution is 0.630. The highest BCUT2D eigenvalue weighted by Gasteiger charge is 2.11. The Bertz CT molecular complexity index is 738. The molecule has 1 aromatic carbocycles. The summed E-state index contributed by atoms with van der Waals surface area (Å²) in [7, 11) is 0. The number of nitrogens with one attached hydrogen (secondary N) is 1. The van der Waals surface area contributed by atoms with Gasteiger partial charge >= 0.3 is 0 Å². The van der Waals surface area contributed by atoms with E-state index in [1.54, 1.807) is 24.3 Å². The van der Waals surface area contributed by atoms with E-state index in [-0.39, 0.29) is 0 Å².